The van der Waals surface area contributed by atoms with Gasteiger partial charge in [-0.2, -0.15) is 0 Å². The highest BCUT2D eigenvalue weighted by atomic mass is 35.5. The van der Waals surface area contributed by atoms with Gasteiger partial charge in [0.25, 0.3) is 0 Å². The van der Waals surface area contributed by atoms with Crippen LogP contribution in [-0.2, 0) is 14.4 Å². The molecule has 0 saturated heterocycles. The van der Waals surface area contributed by atoms with Gasteiger partial charge in [-0.3, -0.25) is 14.4 Å². The van der Waals surface area contributed by atoms with Crippen molar-refractivity contribution in [2.45, 2.75) is 39.5 Å². The molecule has 0 aliphatic heterocycles. The fourth-order valence-corrected chi connectivity index (χ4v) is 2.84. The number of carbonyl (C=O) groups is 3. The zero-order valence-electron chi connectivity index (χ0n) is 17.2. The standard InChI is InChI=1S/C22H27ClN4O3/c1-3-5-20(28)25-15-7-9-16(10-8-15)26-22(30)14-24-19-13-17(11-12-18(19)23)27-21(29)6-4-2/h7-13,24H,3-6,14H2,1-2H3,(H,25,28)(H,26,30)(H,27,29). The van der Waals surface area contributed by atoms with E-state index in [0.29, 0.717) is 40.6 Å². The fourth-order valence-electron chi connectivity index (χ4n) is 2.66. The normalized spacial score (nSPS) is 10.2. The molecule has 0 fully saturated rings. The van der Waals surface area contributed by atoms with Crippen LogP contribution in [0.5, 0.6) is 0 Å². The molecular weight excluding hydrogens is 404 g/mol. The Balaban J connectivity index is 1.88. The van der Waals surface area contributed by atoms with Crippen molar-refractivity contribution >= 4 is 52.1 Å². The van der Waals surface area contributed by atoms with E-state index in [-0.39, 0.29) is 24.3 Å². The van der Waals surface area contributed by atoms with Crippen LogP contribution in [0.25, 0.3) is 0 Å². The Morgan fingerprint density at radius 2 is 1.20 bits per heavy atom. The molecule has 0 radical (unpaired) electrons. The van der Waals surface area contributed by atoms with Gasteiger partial charge in [0.1, 0.15) is 0 Å². The van der Waals surface area contributed by atoms with Gasteiger partial charge in [0.05, 0.1) is 17.3 Å². The van der Waals surface area contributed by atoms with Gasteiger partial charge < -0.3 is 21.3 Å². The molecule has 7 nitrogen and oxygen atoms in total. The molecule has 2 aromatic carbocycles. The zero-order chi connectivity index (χ0) is 21.9. The van der Waals surface area contributed by atoms with Gasteiger partial charge in [-0.1, -0.05) is 25.4 Å². The first-order valence-corrected chi connectivity index (χ1v) is 10.3. The summed E-state index contributed by atoms with van der Waals surface area (Å²) in [5, 5.41) is 11.8. The van der Waals surface area contributed by atoms with Gasteiger partial charge in [-0.15, -0.1) is 0 Å². The summed E-state index contributed by atoms with van der Waals surface area (Å²) in [6.07, 6.45) is 2.45. The Bertz CT molecular complexity index is 884. The van der Waals surface area contributed by atoms with Crippen molar-refractivity contribution in [3.8, 4) is 0 Å². The van der Waals surface area contributed by atoms with Gasteiger partial charge >= 0.3 is 0 Å². The van der Waals surface area contributed by atoms with Gasteiger partial charge in [-0.05, 0) is 55.3 Å². The van der Waals surface area contributed by atoms with Gasteiger partial charge in [-0.25, -0.2) is 0 Å². The number of anilines is 4. The highest BCUT2D eigenvalue weighted by Gasteiger charge is 2.08. The third kappa shape index (κ3) is 7.75. The average molecular weight is 431 g/mol. The van der Waals surface area contributed by atoms with Crippen molar-refractivity contribution in [1.82, 2.24) is 0 Å². The van der Waals surface area contributed by atoms with Gasteiger partial charge in [0.15, 0.2) is 0 Å². The molecule has 2 aromatic rings. The minimum atomic E-state index is -0.255. The van der Waals surface area contributed by atoms with Crippen molar-refractivity contribution in [2.24, 2.45) is 0 Å². The van der Waals surface area contributed by atoms with Gasteiger partial charge in [0.2, 0.25) is 17.7 Å². The maximum atomic E-state index is 12.2. The number of hydrogen-bond acceptors (Lipinski definition) is 4. The summed E-state index contributed by atoms with van der Waals surface area (Å²) in [4.78, 5) is 35.6. The van der Waals surface area contributed by atoms with Crippen molar-refractivity contribution in [3.63, 3.8) is 0 Å². The molecule has 0 spiro atoms. The topological polar surface area (TPSA) is 99.3 Å². The quantitative estimate of drug-likeness (QED) is 0.432. The molecule has 0 saturated carbocycles. The van der Waals surface area contributed by atoms with E-state index < -0.39 is 0 Å². The SMILES string of the molecule is CCCC(=O)Nc1ccc(NC(=O)CNc2cc(NC(=O)CCC)ccc2Cl)cc1. The summed E-state index contributed by atoms with van der Waals surface area (Å²) in [5.41, 5.74) is 2.46. The first kappa shape index (κ1) is 23.2. The van der Waals surface area contributed by atoms with E-state index in [1.165, 1.54) is 0 Å². The summed E-state index contributed by atoms with van der Waals surface area (Å²) in [7, 11) is 0. The lowest BCUT2D eigenvalue weighted by molar-refractivity contribution is -0.117. The Hall–Kier alpha value is -3.06. The summed E-state index contributed by atoms with van der Waals surface area (Å²) >= 11 is 6.18. The average Bonchev–Trinajstić information content (AvgIpc) is 2.70. The van der Waals surface area contributed by atoms with Crippen LogP contribution in [0.3, 0.4) is 0 Å². The van der Waals surface area contributed by atoms with E-state index in [1.54, 1.807) is 42.5 Å². The van der Waals surface area contributed by atoms with E-state index in [1.807, 2.05) is 13.8 Å². The minimum absolute atomic E-state index is 0.00106. The van der Waals surface area contributed by atoms with Crippen molar-refractivity contribution in [2.75, 3.05) is 27.8 Å². The monoisotopic (exact) mass is 430 g/mol. The lowest BCUT2D eigenvalue weighted by Crippen LogP contribution is -2.22. The Kier molecular flexibility index (Phi) is 9.15. The Labute approximate surface area is 181 Å². The van der Waals surface area contributed by atoms with Crippen LogP contribution in [0, 0.1) is 0 Å². The van der Waals surface area contributed by atoms with E-state index in [2.05, 4.69) is 21.3 Å². The van der Waals surface area contributed by atoms with E-state index in [9.17, 15) is 14.4 Å². The maximum absolute atomic E-state index is 12.2. The molecule has 8 heteroatoms. The van der Waals surface area contributed by atoms with Gasteiger partial charge in [0, 0.05) is 29.9 Å². The van der Waals surface area contributed by atoms with Crippen LogP contribution in [0.1, 0.15) is 39.5 Å². The first-order valence-electron chi connectivity index (χ1n) is 9.94. The molecule has 2 rings (SSSR count). The molecule has 0 atom stereocenters. The van der Waals surface area contributed by atoms with Crippen LogP contribution >= 0.6 is 11.6 Å². The summed E-state index contributed by atoms with van der Waals surface area (Å²) in [6.45, 7) is 3.88. The number of amides is 3. The van der Waals surface area contributed by atoms with Crippen LogP contribution in [0.2, 0.25) is 5.02 Å². The first-order chi connectivity index (χ1) is 14.4. The zero-order valence-corrected chi connectivity index (χ0v) is 17.9. The Morgan fingerprint density at radius 1 is 0.733 bits per heavy atom. The predicted molar refractivity (Wildman–Crippen MR) is 122 cm³/mol. The molecule has 3 amide bonds. The van der Waals surface area contributed by atoms with E-state index in [4.69, 9.17) is 11.6 Å². The fraction of sp³-hybridized carbons (Fsp3) is 0.318. The number of rotatable bonds is 10. The molecule has 30 heavy (non-hydrogen) atoms. The molecule has 0 bridgehead atoms. The second-order valence-corrected chi connectivity index (χ2v) is 7.18. The second kappa shape index (κ2) is 11.8. The van der Waals surface area contributed by atoms with Crippen molar-refractivity contribution in [1.29, 1.82) is 0 Å². The molecule has 0 aliphatic rings. The molecule has 0 heterocycles. The number of hydrogen-bond donors (Lipinski definition) is 4. The molecule has 0 unspecified atom stereocenters. The molecular formula is C22H27ClN4O3. The number of halogens is 1. The van der Waals surface area contributed by atoms with E-state index in [0.717, 1.165) is 12.8 Å². The van der Waals surface area contributed by atoms with Crippen LogP contribution in [0.4, 0.5) is 22.7 Å². The number of carbonyl (C=O) groups excluding carboxylic acids is 3. The second-order valence-electron chi connectivity index (χ2n) is 6.77. The highest BCUT2D eigenvalue weighted by molar-refractivity contribution is 6.33. The molecule has 0 aliphatic carbocycles. The van der Waals surface area contributed by atoms with Crippen LogP contribution < -0.4 is 21.3 Å². The lowest BCUT2D eigenvalue weighted by atomic mass is 10.2. The van der Waals surface area contributed by atoms with E-state index >= 15 is 0 Å². The predicted octanol–water partition coefficient (Wildman–Crippen LogP) is 4.87. The molecule has 0 aromatic heterocycles. The highest BCUT2D eigenvalue weighted by Crippen LogP contribution is 2.25. The van der Waals surface area contributed by atoms with Crippen molar-refractivity contribution < 1.29 is 14.4 Å². The minimum Gasteiger partial charge on any atom is -0.375 e. The smallest absolute Gasteiger partial charge is 0.243 e. The summed E-state index contributed by atoms with van der Waals surface area (Å²) < 4.78 is 0. The summed E-state index contributed by atoms with van der Waals surface area (Å²) in [6, 6.07) is 12.0. The van der Waals surface area contributed by atoms with Crippen LogP contribution in [0.15, 0.2) is 42.5 Å². The Morgan fingerprint density at radius 3 is 1.73 bits per heavy atom. The molecule has 160 valence electrons. The summed E-state index contributed by atoms with van der Waals surface area (Å²) in [5.74, 6) is -0.365. The van der Waals surface area contributed by atoms with Crippen molar-refractivity contribution in [3.05, 3.63) is 47.5 Å². The van der Waals surface area contributed by atoms with Crippen LogP contribution in [-0.4, -0.2) is 24.3 Å². The lowest BCUT2D eigenvalue weighted by Gasteiger charge is -2.12. The third-order valence-electron chi connectivity index (χ3n) is 4.10. The number of nitrogens with one attached hydrogen (secondary N) is 4. The maximum Gasteiger partial charge on any atom is 0.243 e. The third-order valence-corrected chi connectivity index (χ3v) is 4.43. The molecule has 4 N–H and O–H groups in total. The number of benzene rings is 2. The largest absolute Gasteiger partial charge is 0.375 e.